The number of carboxylic acid groups (broad SMARTS) is 1. The van der Waals surface area contributed by atoms with Gasteiger partial charge in [-0.15, -0.1) is 0 Å². The molecule has 3 atom stereocenters. The zero-order chi connectivity index (χ0) is 14.1. The molecule has 0 aromatic heterocycles. The van der Waals surface area contributed by atoms with Crippen LogP contribution < -0.4 is 0 Å². The Morgan fingerprint density at radius 3 is 2.70 bits per heavy atom. The van der Waals surface area contributed by atoms with E-state index in [1.54, 1.807) is 4.90 Å². The molecule has 1 aliphatic heterocycles. The number of ether oxygens (including phenoxy) is 1. The van der Waals surface area contributed by atoms with E-state index in [1.165, 1.54) is 0 Å². The van der Waals surface area contributed by atoms with Gasteiger partial charge in [-0.1, -0.05) is 30.3 Å². The van der Waals surface area contributed by atoms with Crippen molar-refractivity contribution in [3.05, 3.63) is 35.9 Å². The molecule has 1 saturated carbocycles. The fourth-order valence-corrected chi connectivity index (χ4v) is 3.15. The Morgan fingerprint density at radius 2 is 2.00 bits per heavy atom. The van der Waals surface area contributed by atoms with E-state index in [4.69, 9.17) is 9.84 Å². The largest absolute Gasteiger partial charge is 0.481 e. The number of likely N-dealkylation sites (tertiary alicyclic amines) is 1. The number of carbonyl (C=O) groups is 2. The van der Waals surface area contributed by atoms with Gasteiger partial charge in [0.25, 0.3) is 0 Å². The Morgan fingerprint density at radius 1 is 1.25 bits per heavy atom. The van der Waals surface area contributed by atoms with Crippen LogP contribution in [-0.4, -0.2) is 35.2 Å². The second-order valence-corrected chi connectivity index (χ2v) is 5.55. The van der Waals surface area contributed by atoms with Crippen LogP contribution in [-0.2, 0) is 16.1 Å². The lowest BCUT2D eigenvalue weighted by Gasteiger charge is -2.35. The number of rotatable bonds is 3. The van der Waals surface area contributed by atoms with E-state index in [-0.39, 0.29) is 24.5 Å². The normalized spacial score (nSPS) is 27.6. The van der Waals surface area contributed by atoms with E-state index in [9.17, 15) is 9.59 Å². The molecule has 1 heterocycles. The van der Waals surface area contributed by atoms with Crippen molar-refractivity contribution in [2.45, 2.75) is 13.0 Å². The van der Waals surface area contributed by atoms with E-state index in [2.05, 4.69) is 0 Å². The van der Waals surface area contributed by atoms with Crippen molar-refractivity contribution in [2.75, 3.05) is 13.1 Å². The maximum Gasteiger partial charge on any atom is 0.410 e. The monoisotopic (exact) mass is 275 g/mol. The minimum Gasteiger partial charge on any atom is -0.481 e. The van der Waals surface area contributed by atoms with Crippen molar-refractivity contribution in [3.8, 4) is 0 Å². The third kappa shape index (κ3) is 2.35. The van der Waals surface area contributed by atoms with Crippen molar-refractivity contribution >= 4 is 12.1 Å². The number of hydrogen-bond donors (Lipinski definition) is 1. The molecule has 0 spiro atoms. The molecule has 0 bridgehead atoms. The first-order valence-electron chi connectivity index (χ1n) is 6.83. The number of carbonyl (C=O) groups excluding carboxylic acids is 1. The van der Waals surface area contributed by atoms with Crippen LogP contribution in [0.5, 0.6) is 0 Å². The predicted octanol–water partition coefficient (Wildman–Crippen LogP) is 1.98. The summed E-state index contributed by atoms with van der Waals surface area (Å²) in [6, 6.07) is 9.52. The van der Waals surface area contributed by atoms with Gasteiger partial charge in [0.1, 0.15) is 6.61 Å². The first-order chi connectivity index (χ1) is 9.65. The zero-order valence-corrected chi connectivity index (χ0v) is 11.1. The molecular weight excluding hydrogens is 258 g/mol. The van der Waals surface area contributed by atoms with E-state index in [0.717, 1.165) is 5.56 Å². The summed E-state index contributed by atoms with van der Waals surface area (Å²) in [6.07, 6.45) is 0.343. The summed E-state index contributed by atoms with van der Waals surface area (Å²) in [4.78, 5) is 24.6. The van der Waals surface area contributed by atoms with E-state index in [1.807, 2.05) is 30.3 Å². The Hall–Kier alpha value is -2.04. The van der Waals surface area contributed by atoms with Crippen LogP contribution in [0, 0.1) is 17.8 Å². The van der Waals surface area contributed by atoms with Gasteiger partial charge in [0.15, 0.2) is 0 Å². The molecule has 2 fully saturated rings. The molecule has 1 N–H and O–H groups in total. The highest BCUT2D eigenvalue weighted by Crippen LogP contribution is 2.45. The molecule has 5 nitrogen and oxygen atoms in total. The molecule has 1 aromatic carbocycles. The molecule has 20 heavy (non-hydrogen) atoms. The van der Waals surface area contributed by atoms with Gasteiger partial charge in [-0.2, -0.15) is 0 Å². The Labute approximate surface area is 117 Å². The van der Waals surface area contributed by atoms with E-state index >= 15 is 0 Å². The minimum absolute atomic E-state index is 0.108. The average molecular weight is 275 g/mol. The lowest BCUT2D eigenvalue weighted by atomic mass is 9.67. The summed E-state index contributed by atoms with van der Waals surface area (Å²) in [5.41, 5.74) is 0.950. The van der Waals surface area contributed by atoms with Crippen molar-refractivity contribution in [3.63, 3.8) is 0 Å². The number of hydrogen-bond acceptors (Lipinski definition) is 3. The smallest absolute Gasteiger partial charge is 0.410 e. The van der Waals surface area contributed by atoms with Crippen LogP contribution in [0.2, 0.25) is 0 Å². The first-order valence-corrected chi connectivity index (χ1v) is 6.83. The second kappa shape index (κ2) is 5.15. The molecule has 1 saturated heterocycles. The van der Waals surface area contributed by atoms with Gasteiger partial charge < -0.3 is 14.7 Å². The third-order valence-corrected chi connectivity index (χ3v) is 4.35. The molecule has 5 heteroatoms. The fraction of sp³-hybridized carbons (Fsp3) is 0.467. The molecule has 0 unspecified atom stereocenters. The molecule has 0 radical (unpaired) electrons. The number of aliphatic carboxylic acids is 1. The quantitative estimate of drug-likeness (QED) is 0.916. The Balaban J connectivity index is 1.51. The minimum atomic E-state index is -0.745. The number of amides is 1. The summed E-state index contributed by atoms with van der Waals surface area (Å²) in [7, 11) is 0. The lowest BCUT2D eigenvalue weighted by molar-refractivity contribution is -0.149. The van der Waals surface area contributed by atoms with Crippen molar-refractivity contribution in [1.82, 2.24) is 4.90 Å². The summed E-state index contributed by atoms with van der Waals surface area (Å²) in [5, 5.41) is 9.02. The van der Waals surface area contributed by atoms with Crippen LogP contribution in [0.4, 0.5) is 4.79 Å². The molecule has 1 amide bonds. The van der Waals surface area contributed by atoms with Gasteiger partial charge >= 0.3 is 12.1 Å². The maximum atomic E-state index is 12.0. The summed E-state index contributed by atoms with van der Waals surface area (Å²) in [6.45, 7) is 1.39. The Kier molecular flexibility index (Phi) is 3.34. The highest BCUT2D eigenvalue weighted by atomic mass is 16.6. The van der Waals surface area contributed by atoms with Crippen LogP contribution in [0.3, 0.4) is 0 Å². The van der Waals surface area contributed by atoms with Crippen LogP contribution in [0.25, 0.3) is 0 Å². The molecule has 106 valence electrons. The van der Waals surface area contributed by atoms with Crippen LogP contribution in [0.15, 0.2) is 30.3 Å². The highest BCUT2D eigenvalue weighted by Gasteiger charge is 2.51. The standard InChI is InChI=1S/C15H17NO4/c17-14(18)12-6-11-7-16(8-13(11)12)15(19)20-9-10-4-2-1-3-5-10/h1-5,11-13H,6-9H2,(H,17,18)/t11-,12+,13+/m0/s1. The van der Waals surface area contributed by atoms with Gasteiger partial charge in [0.05, 0.1) is 5.92 Å². The number of benzene rings is 1. The maximum absolute atomic E-state index is 12.0. The highest BCUT2D eigenvalue weighted by molar-refractivity contribution is 5.73. The van der Waals surface area contributed by atoms with Crippen LogP contribution in [0.1, 0.15) is 12.0 Å². The van der Waals surface area contributed by atoms with Crippen LogP contribution >= 0.6 is 0 Å². The molecule has 1 aromatic rings. The molecule has 1 aliphatic carbocycles. The van der Waals surface area contributed by atoms with E-state index in [0.29, 0.717) is 25.4 Å². The van der Waals surface area contributed by atoms with Gasteiger partial charge in [0, 0.05) is 13.1 Å². The zero-order valence-electron chi connectivity index (χ0n) is 11.1. The van der Waals surface area contributed by atoms with Gasteiger partial charge in [-0.25, -0.2) is 4.79 Å². The SMILES string of the molecule is O=C(O)[C@@H]1C[C@H]2CN(C(=O)OCc3ccccc3)C[C@H]21. The number of nitrogens with zero attached hydrogens (tertiary/aromatic N) is 1. The lowest BCUT2D eigenvalue weighted by Crippen LogP contribution is -2.40. The summed E-state index contributed by atoms with van der Waals surface area (Å²) in [5.74, 6) is -0.588. The number of carboxylic acids is 1. The van der Waals surface area contributed by atoms with Crippen molar-refractivity contribution in [1.29, 1.82) is 0 Å². The van der Waals surface area contributed by atoms with E-state index < -0.39 is 5.97 Å². The number of fused-ring (bicyclic) bond motifs is 1. The topological polar surface area (TPSA) is 66.8 Å². The van der Waals surface area contributed by atoms with Gasteiger partial charge in [0.2, 0.25) is 0 Å². The van der Waals surface area contributed by atoms with Gasteiger partial charge in [-0.05, 0) is 23.8 Å². The molecule has 3 rings (SSSR count). The fourth-order valence-electron chi connectivity index (χ4n) is 3.15. The summed E-state index contributed by atoms with van der Waals surface area (Å²) < 4.78 is 5.27. The predicted molar refractivity (Wildman–Crippen MR) is 70.9 cm³/mol. The Bertz CT molecular complexity index is 516. The molecular formula is C15H17NO4. The van der Waals surface area contributed by atoms with Gasteiger partial charge in [-0.3, -0.25) is 4.79 Å². The molecule has 2 aliphatic rings. The second-order valence-electron chi connectivity index (χ2n) is 5.55. The average Bonchev–Trinajstić information content (AvgIpc) is 2.74. The van der Waals surface area contributed by atoms with Crippen molar-refractivity contribution < 1.29 is 19.4 Å². The third-order valence-electron chi connectivity index (χ3n) is 4.35. The van der Waals surface area contributed by atoms with Crippen molar-refractivity contribution in [2.24, 2.45) is 17.8 Å². The first kappa shape index (κ1) is 13.0. The summed E-state index contributed by atoms with van der Waals surface area (Å²) >= 11 is 0.